The summed E-state index contributed by atoms with van der Waals surface area (Å²) in [6.45, 7) is 2.34. The first-order valence-electron chi connectivity index (χ1n) is 8.36. The van der Waals surface area contributed by atoms with Crippen LogP contribution in [0.15, 0.2) is 30.5 Å². The Labute approximate surface area is 141 Å². The van der Waals surface area contributed by atoms with Gasteiger partial charge in [-0.25, -0.2) is 9.07 Å². The van der Waals surface area contributed by atoms with Gasteiger partial charge in [-0.05, 0) is 49.9 Å². The van der Waals surface area contributed by atoms with Gasteiger partial charge in [0.25, 0.3) is 0 Å². The molecule has 1 aromatic heterocycles. The van der Waals surface area contributed by atoms with Crippen LogP contribution in [-0.2, 0) is 11.3 Å². The third-order valence-corrected chi connectivity index (χ3v) is 4.73. The van der Waals surface area contributed by atoms with E-state index in [1.54, 1.807) is 16.8 Å². The first-order chi connectivity index (χ1) is 11.5. The highest BCUT2D eigenvalue weighted by atomic mass is 19.1. The minimum atomic E-state index is -0.278. The van der Waals surface area contributed by atoms with Crippen molar-refractivity contribution >= 4 is 5.91 Å². The van der Waals surface area contributed by atoms with Gasteiger partial charge in [-0.2, -0.15) is 5.10 Å². The number of nitrogens with two attached hydrogens (primary N) is 1. The summed E-state index contributed by atoms with van der Waals surface area (Å²) in [7, 11) is 0. The van der Waals surface area contributed by atoms with Crippen LogP contribution in [0.1, 0.15) is 36.9 Å². The van der Waals surface area contributed by atoms with Gasteiger partial charge in [0, 0.05) is 30.8 Å². The Hall–Kier alpha value is -2.21. The van der Waals surface area contributed by atoms with Crippen molar-refractivity contribution in [3.05, 3.63) is 47.5 Å². The standard InChI is InChI=1S/C18H23FN4O/c1-12-14(10-21-18(24)9-13-3-2-4-17(13)20)11-23(22-12)16-7-5-15(19)6-8-16/h5-8,11,13,17H,2-4,9-10,20H2,1H3,(H,21,24)/t13-,17+/m0/s1. The number of hydrogen-bond donors (Lipinski definition) is 2. The Balaban J connectivity index is 1.59. The molecule has 1 aromatic carbocycles. The van der Waals surface area contributed by atoms with E-state index in [1.807, 2.05) is 13.1 Å². The summed E-state index contributed by atoms with van der Waals surface area (Å²) in [5, 5.41) is 7.38. The Morgan fingerprint density at radius 2 is 2.12 bits per heavy atom. The Morgan fingerprint density at radius 1 is 1.38 bits per heavy atom. The van der Waals surface area contributed by atoms with Gasteiger partial charge in [-0.3, -0.25) is 4.79 Å². The van der Waals surface area contributed by atoms with Crippen molar-refractivity contribution in [2.24, 2.45) is 11.7 Å². The lowest BCUT2D eigenvalue weighted by atomic mass is 10.00. The van der Waals surface area contributed by atoms with Crippen molar-refractivity contribution in [2.75, 3.05) is 0 Å². The molecule has 0 unspecified atom stereocenters. The van der Waals surface area contributed by atoms with Crippen molar-refractivity contribution in [1.29, 1.82) is 0 Å². The van der Waals surface area contributed by atoms with E-state index in [-0.39, 0.29) is 17.8 Å². The van der Waals surface area contributed by atoms with Gasteiger partial charge in [0.05, 0.1) is 11.4 Å². The van der Waals surface area contributed by atoms with Crippen LogP contribution in [0.4, 0.5) is 4.39 Å². The molecule has 3 rings (SSSR count). The number of halogens is 1. The fourth-order valence-electron chi connectivity index (χ4n) is 3.22. The molecule has 1 aliphatic rings. The van der Waals surface area contributed by atoms with Crippen LogP contribution in [-0.4, -0.2) is 21.7 Å². The molecule has 5 nitrogen and oxygen atoms in total. The number of nitrogens with zero attached hydrogens (tertiary/aromatic N) is 2. The summed E-state index contributed by atoms with van der Waals surface area (Å²) in [6.07, 6.45) is 5.52. The van der Waals surface area contributed by atoms with Crippen molar-refractivity contribution in [1.82, 2.24) is 15.1 Å². The molecule has 0 bridgehead atoms. The molecule has 24 heavy (non-hydrogen) atoms. The molecule has 3 N–H and O–H groups in total. The molecule has 2 aromatic rings. The van der Waals surface area contributed by atoms with Crippen LogP contribution in [0, 0.1) is 18.7 Å². The number of aryl methyl sites for hydroxylation is 1. The Morgan fingerprint density at radius 3 is 2.79 bits per heavy atom. The zero-order valence-electron chi connectivity index (χ0n) is 13.8. The van der Waals surface area contributed by atoms with Crippen molar-refractivity contribution in [3.8, 4) is 5.69 Å². The van der Waals surface area contributed by atoms with Crippen LogP contribution in [0.3, 0.4) is 0 Å². The summed E-state index contributed by atoms with van der Waals surface area (Å²) in [5.74, 6) is 0.0551. The van der Waals surface area contributed by atoms with E-state index >= 15 is 0 Å². The van der Waals surface area contributed by atoms with Gasteiger partial charge in [0.2, 0.25) is 5.91 Å². The maximum Gasteiger partial charge on any atom is 0.220 e. The molecule has 2 atom stereocenters. The number of hydrogen-bond acceptors (Lipinski definition) is 3. The topological polar surface area (TPSA) is 72.9 Å². The van der Waals surface area contributed by atoms with E-state index in [2.05, 4.69) is 10.4 Å². The number of carbonyl (C=O) groups is 1. The smallest absolute Gasteiger partial charge is 0.220 e. The van der Waals surface area contributed by atoms with Crippen molar-refractivity contribution < 1.29 is 9.18 Å². The summed E-state index contributed by atoms with van der Waals surface area (Å²) in [6, 6.07) is 6.30. The molecule has 6 heteroatoms. The SMILES string of the molecule is Cc1nn(-c2ccc(F)cc2)cc1CNC(=O)C[C@@H]1CCC[C@H]1N. The normalized spacial score (nSPS) is 20.3. The molecule has 1 aliphatic carbocycles. The number of carbonyl (C=O) groups excluding carboxylic acids is 1. The average Bonchev–Trinajstić information content (AvgIpc) is 3.12. The van der Waals surface area contributed by atoms with Crippen LogP contribution in [0.2, 0.25) is 0 Å². The zero-order chi connectivity index (χ0) is 17.1. The monoisotopic (exact) mass is 330 g/mol. The van der Waals surface area contributed by atoms with E-state index in [9.17, 15) is 9.18 Å². The number of aromatic nitrogens is 2. The van der Waals surface area contributed by atoms with Crippen molar-refractivity contribution in [2.45, 2.75) is 45.2 Å². The van der Waals surface area contributed by atoms with Gasteiger partial charge in [0.1, 0.15) is 5.82 Å². The highest BCUT2D eigenvalue weighted by Crippen LogP contribution is 2.26. The number of nitrogens with one attached hydrogen (secondary N) is 1. The molecule has 1 saturated carbocycles. The molecule has 128 valence electrons. The second-order valence-electron chi connectivity index (χ2n) is 6.50. The molecule has 0 aliphatic heterocycles. The third-order valence-electron chi connectivity index (χ3n) is 4.73. The fraction of sp³-hybridized carbons (Fsp3) is 0.444. The number of amides is 1. The number of benzene rings is 1. The Bertz CT molecular complexity index is 710. The molecule has 1 heterocycles. The predicted molar refractivity (Wildman–Crippen MR) is 90.0 cm³/mol. The lowest BCUT2D eigenvalue weighted by molar-refractivity contribution is -0.122. The van der Waals surface area contributed by atoms with Crippen LogP contribution in [0.5, 0.6) is 0 Å². The summed E-state index contributed by atoms with van der Waals surface area (Å²) >= 11 is 0. The lowest BCUT2D eigenvalue weighted by Crippen LogP contribution is -2.31. The molecule has 0 radical (unpaired) electrons. The maximum absolute atomic E-state index is 13.0. The minimum absolute atomic E-state index is 0.0336. The maximum atomic E-state index is 13.0. The number of rotatable bonds is 5. The third kappa shape index (κ3) is 3.82. The van der Waals surface area contributed by atoms with E-state index in [0.29, 0.717) is 18.9 Å². The van der Waals surface area contributed by atoms with E-state index in [4.69, 9.17) is 5.73 Å². The molecule has 0 saturated heterocycles. The van der Waals surface area contributed by atoms with E-state index < -0.39 is 0 Å². The van der Waals surface area contributed by atoms with Gasteiger partial charge in [0.15, 0.2) is 0 Å². The molecular weight excluding hydrogens is 307 g/mol. The molecule has 0 spiro atoms. The molecule has 1 amide bonds. The molecule has 1 fully saturated rings. The quantitative estimate of drug-likeness (QED) is 0.884. The Kier molecular flexibility index (Phi) is 4.94. The highest BCUT2D eigenvalue weighted by molar-refractivity contribution is 5.76. The van der Waals surface area contributed by atoms with E-state index in [0.717, 1.165) is 36.2 Å². The van der Waals surface area contributed by atoms with Gasteiger partial charge in [-0.1, -0.05) is 6.42 Å². The second-order valence-corrected chi connectivity index (χ2v) is 6.50. The molecular formula is C18H23FN4O. The predicted octanol–water partition coefficient (Wildman–Crippen LogP) is 2.45. The van der Waals surface area contributed by atoms with Crippen LogP contribution < -0.4 is 11.1 Å². The largest absolute Gasteiger partial charge is 0.352 e. The van der Waals surface area contributed by atoms with Crippen molar-refractivity contribution in [3.63, 3.8) is 0 Å². The highest BCUT2D eigenvalue weighted by Gasteiger charge is 2.25. The van der Waals surface area contributed by atoms with Crippen LogP contribution >= 0.6 is 0 Å². The van der Waals surface area contributed by atoms with Gasteiger partial charge >= 0.3 is 0 Å². The summed E-state index contributed by atoms with van der Waals surface area (Å²) in [5.41, 5.74) is 8.60. The van der Waals surface area contributed by atoms with Gasteiger partial charge < -0.3 is 11.1 Å². The van der Waals surface area contributed by atoms with E-state index in [1.165, 1.54) is 12.1 Å². The lowest BCUT2D eigenvalue weighted by Gasteiger charge is -2.14. The minimum Gasteiger partial charge on any atom is -0.352 e. The first-order valence-corrected chi connectivity index (χ1v) is 8.36. The first kappa shape index (κ1) is 16.6. The van der Waals surface area contributed by atoms with Crippen LogP contribution in [0.25, 0.3) is 5.69 Å². The van der Waals surface area contributed by atoms with Gasteiger partial charge in [-0.15, -0.1) is 0 Å². The summed E-state index contributed by atoms with van der Waals surface area (Å²) < 4.78 is 14.7. The average molecular weight is 330 g/mol. The fourth-order valence-corrected chi connectivity index (χ4v) is 3.22. The zero-order valence-corrected chi connectivity index (χ0v) is 13.8. The summed E-state index contributed by atoms with van der Waals surface area (Å²) in [4.78, 5) is 12.1. The second kappa shape index (κ2) is 7.13.